The third-order valence-electron chi connectivity index (χ3n) is 5.33. The fourth-order valence-corrected chi connectivity index (χ4v) is 4.35. The van der Waals surface area contributed by atoms with Crippen LogP contribution >= 0.6 is 0 Å². The number of ether oxygens (including phenoxy) is 2. The summed E-state index contributed by atoms with van der Waals surface area (Å²) in [7, 11) is 0. The average molecular weight is 348 g/mol. The number of fused-ring (bicyclic) bond motifs is 4. The molecule has 0 radical (unpaired) electrons. The van der Waals surface area contributed by atoms with Gasteiger partial charge in [0, 0.05) is 19.4 Å². The van der Waals surface area contributed by atoms with Crippen LogP contribution in [0.4, 0.5) is 5.69 Å². The van der Waals surface area contributed by atoms with E-state index in [1.54, 1.807) is 19.1 Å². The summed E-state index contributed by atoms with van der Waals surface area (Å²) < 4.78 is 11.8. The van der Waals surface area contributed by atoms with Crippen molar-refractivity contribution in [3.8, 4) is 0 Å². The van der Waals surface area contributed by atoms with Gasteiger partial charge < -0.3 is 9.47 Å². The number of rotatable bonds is 1. The first-order chi connectivity index (χ1) is 12.5. The number of carbonyl (C=O) groups excluding carboxylic acids is 2. The number of aliphatic imine (C=N–C) groups is 1. The van der Waals surface area contributed by atoms with Gasteiger partial charge in [-0.2, -0.15) is 0 Å². The summed E-state index contributed by atoms with van der Waals surface area (Å²) in [5.74, 6) is -0.315. The number of anilines is 1. The Labute approximate surface area is 150 Å². The minimum absolute atomic E-state index is 0.353. The molecule has 2 amide bonds. The van der Waals surface area contributed by atoms with Crippen LogP contribution in [0.15, 0.2) is 59.6 Å². The molecule has 0 aromatic heterocycles. The minimum atomic E-state index is -1.40. The molecule has 3 aliphatic heterocycles. The van der Waals surface area contributed by atoms with Crippen molar-refractivity contribution in [2.24, 2.45) is 4.99 Å². The Balaban J connectivity index is 1.82. The number of amides is 2. The molecule has 6 nitrogen and oxygen atoms in total. The Morgan fingerprint density at radius 3 is 2.50 bits per heavy atom. The number of benzene rings is 2. The van der Waals surface area contributed by atoms with E-state index >= 15 is 0 Å². The SMILES string of the molecule is CC(=O)N1C(=O)[C@@]2(O[C@@H]3OC(C)=N[C@@]32c2ccccc2)c2ccccc21. The highest BCUT2D eigenvalue weighted by molar-refractivity contribution is 6.23. The van der Waals surface area contributed by atoms with E-state index in [0.717, 1.165) is 5.56 Å². The molecule has 2 aromatic rings. The highest BCUT2D eigenvalue weighted by Gasteiger charge is 2.80. The van der Waals surface area contributed by atoms with Gasteiger partial charge in [0.15, 0.2) is 11.4 Å². The minimum Gasteiger partial charge on any atom is -0.449 e. The fraction of sp³-hybridized carbons (Fsp3) is 0.250. The maximum absolute atomic E-state index is 13.5. The van der Waals surface area contributed by atoms with Gasteiger partial charge in [0.05, 0.1) is 5.69 Å². The van der Waals surface area contributed by atoms with Gasteiger partial charge >= 0.3 is 0 Å². The van der Waals surface area contributed by atoms with Crippen molar-refractivity contribution in [2.45, 2.75) is 31.3 Å². The van der Waals surface area contributed by atoms with E-state index in [9.17, 15) is 9.59 Å². The molecule has 5 rings (SSSR count). The van der Waals surface area contributed by atoms with Crippen molar-refractivity contribution >= 4 is 23.4 Å². The zero-order valence-electron chi connectivity index (χ0n) is 14.3. The van der Waals surface area contributed by atoms with E-state index in [-0.39, 0.29) is 5.91 Å². The van der Waals surface area contributed by atoms with Crippen molar-refractivity contribution in [1.29, 1.82) is 0 Å². The van der Waals surface area contributed by atoms with Crippen molar-refractivity contribution in [3.05, 3.63) is 65.7 Å². The number of para-hydroxylation sites is 1. The van der Waals surface area contributed by atoms with E-state index in [2.05, 4.69) is 0 Å². The topological polar surface area (TPSA) is 68.2 Å². The van der Waals surface area contributed by atoms with Gasteiger partial charge in [0.2, 0.25) is 17.8 Å². The largest absolute Gasteiger partial charge is 0.449 e. The van der Waals surface area contributed by atoms with E-state index in [1.807, 2.05) is 42.5 Å². The molecule has 130 valence electrons. The summed E-state index contributed by atoms with van der Waals surface area (Å²) in [6, 6.07) is 16.7. The lowest BCUT2D eigenvalue weighted by molar-refractivity contribution is -0.323. The molecule has 0 unspecified atom stereocenters. The Morgan fingerprint density at radius 1 is 1.12 bits per heavy atom. The lowest BCUT2D eigenvalue weighted by Crippen LogP contribution is -2.71. The lowest BCUT2D eigenvalue weighted by Gasteiger charge is -2.54. The van der Waals surface area contributed by atoms with E-state index in [1.165, 1.54) is 11.8 Å². The molecule has 3 atom stereocenters. The first kappa shape index (κ1) is 15.3. The van der Waals surface area contributed by atoms with Crippen LogP contribution in [0.1, 0.15) is 25.0 Å². The summed E-state index contributed by atoms with van der Waals surface area (Å²) >= 11 is 0. The van der Waals surface area contributed by atoms with Gasteiger partial charge in [-0.1, -0.05) is 48.5 Å². The van der Waals surface area contributed by atoms with Gasteiger partial charge in [-0.05, 0) is 11.6 Å². The molecule has 1 saturated heterocycles. The molecule has 6 heteroatoms. The molecule has 26 heavy (non-hydrogen) atoms. The van der Waals surface area contributed by atoms with Crippen molar-refractivity contribution in [3.63, 3.8) is 0 Å². The highest BCUT2D eigenvalue weighted by Crippen LogP contribution is 2.65. The third-order valence-corrected chi connectivity index (χ3v) is 5.33. The second-order valence-corrected chi connectivity index (χ2v) is 6.69. The Bertz CT molecular complexity index is 986. The molecule has 0 aliphatic carbocycles. The van der Waals surface area contributed by atoms with Gasteiger partial charge in [-0.3, -0.25) is 9.59 Å². The first-order valence-electron chi connectivity index (χ1n) is 8.43. The van der Waals surface area contributed by atoms with Crippen molar-refractivity contribution < 1.29 is 19.1 Å². The average Bonchev–Trinajstić information content (AvgIpc) is 3.05. The lowest BCUT2D eigenvalue weighted by atomic mass is 9.66. The second-order valence-electron chi connectivity index (χ2n) is 6.69. The summed E-state index contributed by atoms with van der Waals surface area (Å²) in [4.78, 5) is 31.6. The zero-order chi connectivity index (χ0) is 18.1. The first-order valence-corrected chi connectivity index (χ1v) is 8.43. The van der Waals surface area contributed by atoms with Crippen LogP contribution in [0.3, 0.4) is 0 Å². The molecule has 0 N–H and O–H groups in total. The van der Waals surface area contributed by atoms with Gasteiger partial charge in [0.25, 0.3) is 5.91 Å². The van der Waals surface area contributed by atoms with Crippen molar-refractivity contribution in [2.75, 3.05) is 4.90 Å². The monoisotopic (exact) mass is 348 g/mol. The van der Waals surface area contributed by atoms with E-state index < -0.39 is 23.3 Å². The number of hydrogen-bond acceptors (Lipinski definition) is 5. The predicted molar refractivity (Wildman–Crippen MR) is 93.5 cm³/mol. The number of carbonyl (C=O) groups is 2. The van der Waals surface area contributed by atoms with Gasteiger partial charge in [-0.25, -0.2) is 9.89 Å². The Morgan fingerprint density at radius 2 is 1.81 bits per heavy atom. The summed E-state index contributed by atoms with van der Waals surface area (Å²) in [6.45, 7) is 3.12. The zero-order valence-corrected chi connectivity index (χ0v) is 14.3. The standard InChI is InChI=1S/C20H16N2O4/c1-12-21-19(14-8-4-3-5-9-14)18(25-12)26-20(19)15-10-6-7-11-16(15)22(13(2)23)17(20)24/h3-11,18H,1-2H3/t18-,19-,20-/m0/s1. The van der Waals surface area contributed by atoms with E-state index in [0.29, 0.717) is 17.1 Å². The van der Waals surface area contributed by atoms with Crippen LogP contribution in [-0.4, -0.2) is 24.0 Å². The van der Waals surface area contributed by atoms with Gasteiger partial charge in [0.1, 0.15) is 0 Å². The van der Waals surface area contributed by atoms with Crippen molar-refractivity contribution in [1.82, 2.24) is 0 Å². The van der Waals surface area contributed by atoms with Crippen LogP contribution in [0, 0.1) is 0 Å². The second kappa shape index (κ2) is 4.80. The number of imide groups is 1. The molecular formula is C20H16N2O4. The summed E-state index contributed by atoms with van der Waals surface area (Å²) in [5.41, 5.74) is -0.447. The third kappa shape index (κ3) is 1.50. The molecule has 3 aliphatic rings. The maximum atomic E-state index is 13.5. The number of hydrogen-bond donors (Lipinski definition) is 0. The summed E-state index contributed by atoms with van der Waals surface area (Å²) in [6.07, 6.45) is -0.700. The van der Waals surface area contributed by atoms with Crippen LogP contribution in [-0.2, 0) is 30.2 Å². The quantitative estimate of drug-likeness (QED) is 0.794. The Kier molecular flexibility index (Phi) is 2.82. The van der Waals surface area contributed by atoms with Gasteiger partial charge in [-0.15, -0.1) is 0 Å². The van der Waals surface area contributed by atoms with E-state index in [4.69, 9.17) is 14.5 Å². The molecule has 3 heterocycles. The molecule has 1 spiro atoms. The van der Waals surface area contributed by atoms with Crippen LogP contribution in [0.5, 0.6) is 0 Å². The number of nitrogens with zero attached hydrogens (tertiary/aromatic N) is 2. The predicted octanol–water partition coefficient (Wildman–Crippen LogP) is 2.48. The molecule has 0 bridgehead atoms. The molecule has 1 fully saturated rings. The van der Waals surface area contributed by atoms with Crippen LogP contribution in [0.25, 0.3) is 0 Å². The molecule has 0 saturated carbocycles. The smallest absolute Gasteiger partial charge is 0.274 e. The fourth-order valence-electron chi connectivity index (χ4n) is 4.35. The molecule has 2 aromatic carbocycles. The maximum Gasteiger partial charge on any atom is 0.274 e. The van der Waals surface area contributed by atoms with Crippen LogP contribution in [0.2, 0.25) is 0 Å². The highest BCUT2D eigenvalue weighted by atomic mass is 16.7. The normalized spacial score (nSPS) is 31.2. The Hall–Kier alpha value is -2.99. The summed E-state index contributed by atoms with van der Waals surface area (Å²) in [5, 5.41) is 0. The molecular weight excluding hydrogens is 332 g/mol. The van der Waals surface area contributed by atoms with Crippen LogP contribution < -0.4 is 4.90 Å².